The number of hydrogen-bond acceptors (Lipinski definition) is 7. The number of hydrogen-bond donors (Lipinski definition) is 3. The van der Waals surface area contributed by atoms with Gasteiger partial charge in [0.1, 0.15) is 29.5 Å². The van der Waals surface area contributed by atoms with Gasteiger partial charge in [0.25, 0.3) is 0 Å². The van der Waals surface area contributed by atoms with Gasteiger partial charge in [0, 0.05) is 30.2 Å². The standard InChI is InChI=1S/C23H26N6O3/c24-21-16-4-7-29(22(16)27-13-26-21)17-11-23(20(31)19(17)30)10-15(32-12-23)2-1-14-3-6-28-8-5-25-18(28)9-14/h3-9,13,15,17,19-20,30-31H,1-2,10-12H2,(H2,24,26,27). The van der Waals surface area contributed by atoms with E-state index in [1.807, 2.05) is 33.6 Å². The number of aliphatic hydroxyl groups excluding tert-OH is 2. The van der Waals surface area contributed by atoms with Crippen LogP contribution in [0.25, 0.3) is 16.7 Å². The van der Waals surface area contributed by atoms with Crippen LogP contribution in [0, 0.1) is 5.41 Å². The number of nitrogens with zero attached hydrogens (tertiary/aromatic N) is 5. The van der Waals surface area contributed by atoms with E-state index in [2.05, 4.69) is 27.1 Å². The number of pyridine rings is 1. The maximum atomic E-state index is 11.0. The predicted octanol–water partition coefficient (Wildman–Crippen LogP) is 1.74. The molecule has 0 amide bonds. The number of rotatable bonds is 4. The number of aryl methyl sites for hydroxylation is 1. The second-order valence-corrected chi connectivity index (χ2v) is 9.19. The monoisotopic (exact) mass is 434 g/mol. The normalized spacial score (nSPS) is 30.2. The molecule has 6 rings (SSSR count). The molecule has 4 aromatic rings. The Morgan fingerprint density at radius 1 is 1.12 bits per heavy atom. The van der Waals surface area contributed by atoms with Crippen molar-refractivity contribution in [2.24, 2.45) is 5.41 Å². The smallest absolute Gasteiger partial charge is 0.145 e. The van der Waals surface area contributed by atoms with E-state index in [0.717, 1.165) is 30.3 Å². The molecule has 5 atom stereocenters. The van der Waals surface area contributed by atoms with Gasteiger partial charge in [-0.2, -0.15) is 0 Å². The minimum Gasteiger partial charge on any atom is -0.390 e. The summed E-state index contributed by atoms with van der Waals surface area (Å²) in [4.78, 5) is 12.7. The summed E-state index contributed by atoms with van der Waals surface area (Å²) in [5.74, 6) is 0.411. The Balaban J connectivity index is 1.18. The van der Waals surface area contributed by atoms with E-state index in [0.29, 0.717) is 24.5 Å². The first kappa shape index (κ1) is 19.7. The van der Waals surface area contributed by atoms with Crippen LogP contribution in [0.15, 0.2) is 49.3 Å². The highest BCUT2D eigenvalue weighted by Gasteiger charge is 2.57. The first-order chi connectivity index (χ1) is 15.5. The van der Waals surface area contributed by atoms with E-state index < -0.39 is 17.6 Å². The van der Waals surface area contributed by atoms with Gasteiger partial charge in [-0.1, -0.05) is 0 Å². The van der Waals surface area contributed by atoms with E-state index in [9.17, 15) is 10.2 Å². The van der Waals surface area contributed by atoms with Crippen LogP contribution in [0.5, 0.6) is 0 Å². The van der Waals surface area contributed by atoms with Crippen molar-refractivity contribution in [2.75, 3.05) is 12.3 Å². The summed E-state index contributed by atoms with van der Waals surface area (Å²) in [6, 6.07) is 5.77. The Morgan fingerprint density at radius 2 is 2.03 bits per heavy atom. The zero-order valence-electron chi connectivity index (χ0n) is 17.6. The molecule has 2 fully saturated rings. The lowest BCUT2D eigenvalue weighted by atomic mass is 9.80. The average Bonchev–Trinajstić information content (AvgIpc) is 3.56. The fourth-order valence-corrected chi connectivity index (χ4v) is 5.58. The van der Waals surface area contributed by atoms with Crippen LogP contribution in [-0.2, 0) is 11.2 Å². The Labute approximate surface area is 184 Å². The molecule has 1 spiro atoms. The van der Waals surface area contributed by atoms with Crippen molar-refractivity contribution in [1.82, 2.24) is 23.9 Å². The number of nitrogens with two attached hydrogens (primary N) is 1. The van der Waals surface area contributed by atoms with Gasteiger partial charge in [0.15, 0.2) is 0 Å². The molecule has 2 aliphatic rings. The highest BCUT2D eigenvalue weighted by molar-refractivity contribution is 5.86. The van der Waals surface area contributed by atoms with E-state index in [1.165, 1.54) is 11.9 Å². The van der Waals surface area contributed by atoms with Gasteiger partial charge in [-0.3, -0.25) is 0 Å². The number of imidazole rings is 1. The molecule has 0 bridgehead atoms. The van der Waals surface area contributed by atoms with Gasteiger partial charge in [0.2, 0.25) is 0 Å². The second kappa shape index (κ2) is 7.26. The molecule has 0 radical (unpaired) electrons. The topological polar surface area (TPSA) is 124 Å². The average molecular weight is 434 g/mol. The molecule has 166 valence electrons. The Bertz CT molecular complexity index is 1290. The molecule has 1 aliphatic carbocycles. The Morgan fingerprint density at radius 3 is 2.94 bits per heavy atom. The van der Waals surface area contributed by atoms with Crippen molar-refractivity contribution < 1.29 is 14.9 Å². The van der Waals surface area contributed by atoms with Crippen LogP contribution in [-0.4, -0.2) is 59.1 Å². The molecular weight excluding hydrogens is 408 g/mol. The van der Waals surface area contributed by atoms with Crippen molar-refractivity contribution in [3.05, 3.63) is 54.9 Å². The fraction of sp³-hybridized carbons (Fsp3) is 0.435. The molecule has 1 saturated heterocycles. The lowest BCUT2D eigenvalue weighted by molar-refractivity contribution is -0.0309. The molecule has 4 aromatic heterocycles. The van der Waals surface area contributed by atoms with Gasteiger partial charge in [-0.25, -0.2) is 15.0 Å². The first-order valence-corrected chi connectivity index (χ1v) is 11.0. The number of nitrogen functional groups attached to an aromatic ring is 1. The van der Waals surface area contributed by atoms with Crippen LogP contribution in [0.4, 0.5) is 5.82 Å². The molecule has 9 nitrogen and oxygen atoms in total. The SMILES string of the molecule is Nc1ncnc2c1ccn2C1CC2(COC(CCc3ccn4ccnc4c3)C2)C(O)C1O. The van der Waals surface area contributed by atoms with Crippen LogP contribution < -0.4 is 5.73 Å². The Hall–Kier alpha value is -3.01. The zero-order valence-corrected chi connectivity index (χ0v) is 17.6. The van der Waals surface area contributed by atoms with Gasteiger partial charge in [0.05, 0.1) is 30.2 Å². The van der Waals surface area contributed by atoms with Crippen molar-refractivity contribution >= 4 is 22.5 Å². The van der Waals surface area contributed by atoms with Crippen molar-refractivity contribution in [1.29, 1.82) is 0 Å². The molecule has 0 aromatic carbocycles. The third-order valence-electron chi connectivity index (χ3n) is 7.32. The lowest BCUT2D eigenvalue weighted by Crippen LogP contribution is -2.37. The number of anilines is 1. The van der Waals surface area contributed by atoms with Gasteiger partial charge in [-0.05, 0) is 49.4 Å². The van der Waals surface area contributed by atoms with E-state index in [-0.39, 0.29) is 12.1 Å². The minimum absolute atomic E-state index is 0.0472. The van der Waals surface area contributed by atoms with Crippen LogP contribution in [0.3, 0.4) is 0 Å². The van der Waals surface area contributed by atoms with Gasteiger partial charge >= 0.3 is 0 Å². The third-order valence-corrected chi connectivity index (χ3v) is 7.32. The summed E-state index contributed by atoms with van der Waals surface area (Å²) in [5.41, 5.74) is 8.34. The number of ether oxygens (including phenoxy) is 1. The van der Waals surface area contributed by atoms with Crippen molar-refractivity contribution in [3.8, 4) is 0 Å². The number of aliphatic hydroxyl groups is 2. The highest BCUT2D eigenvalue weighted by atomic mass is 16.5. The second-order valence-electron chi connectivity index (χ2n) is 9.19. The highest BCUT2D eigenvalue weighted by Crippen LogP contribution is 2.52. The minimum atomic E-state index is -0.896. The summed E-state index contributed by atoms with van der Waals surface area (Å²) in [6.45, 7) is 0.446. The molecule has 1 aliphatic heterocycles. The van der Waals surface area contributed by atoms with Gasteiger partial charge < -0.3 is 29.7 Å². The van der Waals surface area contributed by atoms with E-state index >= 15 is 0 Å². The number of fused-ring (bicyclic) bond motifs is 2. The molecule has 1 saturated carbocycles. The van der Waals surface area contributed by atoms with Crippen molar-refractivity contribution in [3.63, 3.8) is 0 Å². The maximum Gasteiger partial charge on any atom is 0.145 e. The Kier molecular flexibility index (Phi) is 4.46. The van der Waals surface area contributed by atoms with Gasteiger partial charge in [-0.15, -0.1) is 0 Å². The van der Waals surface area contributed by atoms with Crippen LogP contribution in [0.2, 0.25) is 0 Å². The van der Waals surface area contributed by atoms with Crippen LogP contribution in [0.1, 0.15) is 30.9 Å². The molecule has 4 N–H and O–H groups in total. The van der Waals surface area contributed by atoms with E-state index in [1.54, 1.807) is 6.20 Å². The predicted molar refractivity (Wildman–Crippen MR) is 118 cm³/mol. The lowest BCUT2D eigenvalue weighted by Gasteiger charge is -2.26. The number of aromatic nitrogens is 5. The summed E-state index contributed by atoms with van der Waals surface area (Å²) in [5, 5.41) is 22.7. The summed E-state index contributed by atoms with van der Waals surface area (Å²) < 4.78 is 10.0. The van der Waals surface area contributed by atoms with Crippen molar-refractivity contribution in [2.45, 2.75) is 50.0 Å². The molecule has 9 heteroatoms. The molecule has 32 heavy (non-hydrogen) atoms. The maximum absolute atomic E-state index is 11.0. The molecule has 5 heterocycles. The molecular formula is C23H26N6O3. The largest absolute Gasteiger partial charge is 0.390 e. The van der Waals surface area contributed by atoms with E-state index in [4.69, 9.17) is 10.5 Å². The summed E-state index contributed by atoms with van der Waals surface area (Å²) in [6.07, 6.45) is 10.4. The zero-order chi connectivity index (χ0) is 21.9. The molecule has 5 unspecified atom stereocenters. The summed E-state index contributed by atoms with van der Waals surface area (Å²) in [7, 11) is 0. The first-order valence-electron chi connectivity index (χ1n) is 11.0. The fourth-order valence-electron chi connectivity index (χ4n) is 5.58. The third kappa shape index (κ3) is 3.00. The summed E-state index contributed by atoms with van der Waals surface area (Å²) >= 11 is 0. The van der Waals surface area contributed by atoms with Crippen LogP contribution >= 0.6 is 0 Å². The quantitative estimate of drug-likeness (QED) is 0.447.